The number of halogens is 3. The summed E-state index contributed by atoms with van der Waals surface area (Å²) in [5.41, 5.74) is 0.944. The average Bonchev–Trinajstić information content (AvgIpc) is 2.46. The lowest BCUT2D eigenvalue weighted by atomic mass is 10.0. The predicted octanol–water partition coefficient (Wildman–Crippen LogP) is 4.45. The summed E-state index contributed by atoms with van der Waals surface area (Å²) in [6.45, 7) is 1.24. The second-order valence-corrected chi connectivity index (χ2v) is 5.25. The van der Waals surface area contributed by atoms with E-state index in [9.17, 15) is 18.3 Å². The molecule has 2 aromatic rings. The van der Waals surface area contributed by atoms with E-state index in [1.807, 2.05) is 42.5 Å². The third-order valence-electron chi connectivity index (χ3n) is 3.62. The number of ether oxygens (including phenoxy) is 1. The smallest absolute Gasteiger partial charge is 0.359 e. The molecule has 0 spiro atoms. The van der Waals surface area contributed by atoms with E-state index in [2.05, 4.69) is 4.74 Å². The van der Waals surface area contributed by atoms with Crippen LogP contribution in [-0.4, -0.2) is 23.7 Å². The highest BCUT2D eigenvalue weighted by molar-refractivity contribution is 5.82. The number of alkyl halides is 3. The number of benzene rings is 2. The van der Waals surface area contributed by atoms with Crippen molar-refractivity contribution in [1.29, 1.82) is 0 Å². The number of aryl methyl sites for hydroxylation is 1. The monoisotopic (exact) mass is 312 g/mol. The van der Waals surface area contributed by atoms with Crippen LogP contribution in [0.25, 0.3) is 10.8 Å². The van der Waals surface area contributed by atoms with Crippen LogP contribution in [0.3, 0.4) is 0 Å². The molecule has 0 bridgehead atoms. The molecule has 2 nitrogen and oxygen atoms in total. The Morgan fingerprint density at radius 1 is 1.05 bits per heavy atom. The first-order chi connectivity index (χ1) is 10.4. The van der Waals surface area contributed by atoms with Crippen LogP contribution >= 0.6 is 0 Å². The molecular weight excluding hydrogens is 293 g/mol. The summed E-state index contributed by atoms with van der Waals surface area (Å²) in [6.07, 6.45) is -4.62. The van der Waals surface area contributed by atoms with E-state index in [4.69, 9.17) is 0 Å². The molecule has 0 aliphatic rings. The summed E-state index contributed by atoms with van der Waals surface area (Å²) in [6, 6.07) is 13.6. The standard InChI is InChI=1S/C17H19F3O2/c1-2-22-16(21,17(18,19)20)11-5-6-13-9-10-14-7-3-4-8-15(14)12-13/h3-4,7-10,12,21H,2,5-6,11H2,1H3. The fraction of sp³-hybridized carbons (Fsp3) is 0.412. The first-order valence-corrected chi connectivity index (χ1v) is 7.26. The molecule has 0 fully saturated rings. The summed E-state index contributed by atoms with van der Waals surface area (Å²) in [4.78, 5) is 0. The van der Waals surface area contributed by atoms with E-state index in [0.29, 0.717) is 6.42 Å². The Bertz CT molecular complexity index is 625. The summed E-state index contributed by atoms with van der Waals surface area (Å²) in [7, 11) is 0. The van der Waals surface area contributed by atoms with E-state index >= 15 is 0 Å². The van der Waals surface area contributed by atoms with Gasteiger partial charge in [-0.2, -0.15) is 13.2 Å². The van der Waals surface area contributed by atoms with Gasteiger partial charge in [0.2, 0.25) is 0 Å². The van der Waals surface area contributed by atoms with Crippen LogP contribution < -0.4 is 0 Å². The third kappa shape index (κ3) is 3.78. The topological polar surface area (TPSA) is 29.5 Å². The molecule has 5 heteroatoms. The van der Waals surface area contributed by atoms with E-state index in [1.54, 1.807) is 0 Å². The molecule has 0 saturated heterocycles. The highest BCUT2D eigenvalue weighted by Crippen LogP contribution is 2.35. The zero-order valence-electron chi connectivity index (χ0n) is 12.4. The lowest BCUT2D eigenvalue weighted by molar-refractivity contribution is -0.367. The Labute approximate surface area is 127 Å². The second-order valence-electron chi connectivity index (χ2n) is 5.25. The van der Waals surface area contributed by atoms with E-state index in [0.717, 1.165) is 16.3 Å². The Balaban J connectivity index is 2.02. The van der Waals surface area contributed by atoms with Gasteiger partial charge in [0.25, 0.3) is 5.79 Å². The Kier molecular flexibility index (Phi) is 5.08. The number of hydrogen-bond donors (Lipinski definition) is 1. The van der Waals surface area contributed by atoms with Crippen molar-refractivity contribution in [3.05, 3.63) is 48.0 Å². The zero-order chi connectivity index (χ0) is 16.2. The van der Waals surface area contributed by atoms with E-state index in [1.165, 1.54) is 6.92 Å². The molecule has 2 rings (SSSR count). The maximum Gasteiger partial charge on any atom is 0.443 e. The molecule has 0 saturated carbocycles. The van der Waals surface area contributed by atoms with Crippen LogP contribution in [0.5, 0.6) is 0 Å². The highest BCUT2D eigenvalue weighted by atomic mass is 19.4. The minimum absolute atomic E-state index is 0.189. The normalized spacial score (nSPS) is 15.0. The van der Waals surface area contributed by atoms with Crippen LogP contribution in [0.2, 0.25) is 0 Å². The second kappa shape index (κ2) is 6.67. The van der Waals surface area contributed by atoms with Gasteiger partial charge in [-0.1, -0.05) is 42.5 Å². The van der Waals surface area contributed by atoms with Crippen LogP contribution in [-0.2, 0) is 11.2 Å². The lowest BCUT2D eigenvalue weighted by Gasteiger charge is -2.29. The first-order valence-electron chi connectivity index (χ1n) is 7.26. The van der Waals surface area contributed by atoms with Gasteiger partial charge in [-0.15, -0.1) is 0 Å². The third-order valence-corrected chi connectivity index (χ3v) is 3.62. The molecule has 2 aromatic carbocycles. The lowest BCUT2D eigenvalue weighted by Crippen LogP contribution is -2.47. The van der Waals surface area contributed by atoms with Gasteiger partial charge in [-0.25, -0.2) is 0 Å². The molecular formula is C17H19F3O2. The van der Waals surface area contributed by atoms with Crippen molar-refractivity contribution in [2.24, 2.45) is 0 Å². The van der Waals surface area contributed by atoms with Gasteiger partial charge in [-0.05, 0) is 36.1 Å². The Hall–Kier alpha value is -1.59. The zero-order valence-corrected chi connectivity index (χ0v) is 12.4. The number of rotatable bonds is 6. The van der Waals surface area contributed by atoms with Crippen molar-refractivity contribution < 1.29 is 23.0 Å². The summed E-state index contributed by atoms with van der Waals surface area (Å²) in [5.74, 6) is -3.06. The van der Waals surface area contributed by atoms with Crippen LogP contribution in [0.4, 0.5) is 13.2 Å². The molecule has 0 radical (unpaired) electrons. The minimum Gasteiger partial charge on any atom is -0.359 e. The molecule has 1 N–H and O–H groups in total. The minimum atomic E-state index is -4.79. The predicted molar refractivity (Wildman–Crippen MR) is 79.5 cm³/mol. The largest absolute Gasteiger partial charge is 0.443 e. The van der Waals surface area contributed by atoms with Gasteiger partial charge in [-0.3, -0.25) is 0 Å². The molecule has 0 heterocycles. The van der Waals surface area contributed by atoms with Crippen molar-refractivity contribution in [2.75, 3.05) is 6.61 Å². The van der Waals surface area contributed by atoms with Crippen molar-refractivity contribution in [3.63, 3.8) is 0 Å². The van der Waals surface area contributed by atoms with Crippen molar-refractivity contribution >= 4 is 10.8 Å². The van der Waals surface area contributed by atoms with Gasteiger partial charge in [0, 0.05) is 13.0 Å². The quantitative estimate of drug-likeness (QED) is 0.799. The fourth-order valence-corrected chi connectivity index (χ4v) is 2.46. The maximum absolute atomic E-state index is 12.9. The molecule has 0 aliphatic heterocycles. The van der Waals surface area contributed by atoms with Crippen molar-refractivity contribution in [3.8, 4) is 0 Å². The summed E-state index contributed by atoms with van der Waals surface area (Å²) in [5, 5.41) is 11.8. The Morgan fingerprint density at radius 3 is 2.36 bits per heavy atom. The van der Waals surface area contributed by atoms with Crippen molar-refractivity contribution in [1.82, 2.24) is 0 Å². The average molecular weight is 312 g/mol. The first kappa shape index (κ1) is 16.8. The van der Waals surface area contributed by atoms with Gasteiger partial charge in [0.05, 0.1) is 0 Å². The summed E-state index contributed by atoms with van der Waals surface area (Å²) >= 11 is 0. The van der Waals surface area contributed by atoms with Gasteiger partial charge >= 0.3 is 6.18 Å². The van der Waals surface area contributed by atoms with Crippen molar-refractivity contribution in [2.45, 2.75) is 38.1 Å². The van der Waals surface area contributed by atoms with Crippen LogP contribution in [0.15, 0.2) is 42.5 Å². The van der Waals surface area contributed by atoms with Crippen LogP contribution in [0, 0.1) is 0 Å². The molecule has 1 atom stereocenters. The van der Waals surface area contributed by atoms with Gasteiger partial charge < -0.3 is 9.84 Å². The van der Waals surface area contributed by atoms with E-state index in [-0.39, 0.29) is 13.0 Å². The maximum atomic E-state index is 12.9. The Morgan fingerprint density at radius 2 is 1.73 bits per heavy atom. The van der Waals surface area contributed by atoms with E-state index < -0.39 is 18.4 Å². The van der Waals surface area contributed by atoms with Gasteiger partial charge in [0.1, 0.15) is 0 Å². The summed E-state index contributed by atoms with van der Waals surface area (Å²) < 4.78 is 43.1. The molecule has 0 amide bonds. The molecule has 0 aromatic heterocycles. The molecule has 1 unspecified atom stereocenters. The number of hydrogen-bond acceptors (Lipinski definition) is 2. The number of aliphatic hydroxyl groups is 1. The molecule has 120 valence electrons. The molecule has 22 heavy (non-hydrogen) atoms. The van der Waals surface area contributed by atoms with Crippen LogP contribution in [0.1, 0.15) is 25.3 Å². The highest BCUT2D eigenvalue weighted by Gasteiger charge is 2.54. The fourth-order valence-electron chi connectivity index (χ4n) is 2.46. The molecule has 0 aliphatic carbocycles. The number of fused-ring (bicyclic) bond motifs is 1. The van der Waals surface area contributed by atoms with Gasteiger partial charge in [0.15, 0.2) is 0 Å². The SMILES string of the molecule is CCOC(O)(CCCc1ccc2ccccc2c1)C(F)(F)F.